The van der Waals surface area contributed by atoms with Crippen LogP contribution in [0.3, 0.4) is 0 Å². The molecular formula is C6H17NOSi. The van der Waals surface area contributed by atoms with E-state index in [1.54, 1.807) is 0 Å². The predicted octanol–water partition coefficient (Wildman–Crippen LogP) is -0.329. The first-order chi connectivity index (χ1) is 4.06. The first-order valence-corrected chi connectivity index (χ1v) is 4.12. The Bertz CT molecular complexity index is 69.9. The Hall–Kier alpha value is 0.137. The Kier molecular flexibility index (Phi) is 4.09. The highest BCUT2D eigenvalue weighted by Crippen LogP contribution is 1.96. The van der Waals surface area contributed by atoms with Crippen LogP contribution in [0.5, 0.6) is 0 Å². The summed E-state index contributed by atoms with van der Waals surface area (Å²) in [5.41, 5.74) is 0.236. The average Bonchev–Trinajstić information content (AvgIpc) is 1.63. The third kappa shape index (κ3) is 8.14. The Morgan fingerprint density at radius 1 is 1.44 bits per heavy atom. The summed E-state index contributed by atoms with van der Waals surface area (Å²) in [5.74, 6) is 0. The highest BCUT2D eigenvalue weighted by atomic mass is 28.2. The minimum Gasteiger partial charge on any atom is -0.427 e. The maximum absolute atomic E-state index is 5.01. The van der Waals surface area contributed by atoms with Gasteiger partial charge in [-0.2, -0.15) is 0 Å². The zero-order chi connectivity index (χ0) is 7.33. The molecule has 9 heavy (non-hydrogen) atoms. The summed E-state index contributed by atoms with van der Waals surface area (Å²) in [6, 6.07) is 0. The first kappa shape index (κ1) is 9.14. The van der Waals surface area contributed by atoms with E-state index in [0.717, 1.165) is 23.6 Å². The summed E-state index contributed by atoms with van der Waals surface area (Å²) in [7, 11) is 0.850. The van der Waals surface area contributed by atoms with Gasteiger partial charge in [0.15, 0.2) is 0 Å². The van der Waals surface area contributed by atoms with Crippen LogP contribution < -0.4 is 5.32 Å². The summed E-state index contributed by atoms with van der Waals surface area (Å²) in [6.45, 7) is 8.27. The lowest BCUT2D eigenvalue weighted by molar-refractivity contribution is 0.312. The second-order valence-electron chi connectivity index (χ2n) is 3.17. The van der Waals surface area contributed by atoms with Gasteiger partial charge in [-0.3, -0.25) is 0 Å². The zero-order valence-corrected chi connectivity index (χ0v) is 8.82. The number of hydrogen-bond donors (Lipinski definition) is 1. The lowest BCUT2D eigenvalue weighted by Crippen LogP contribution is -2.37. The molecule has 56 valence electrons. The van der Waals surface area contributed by atoms with Crippen LogP contribution in [0.2, 0.25) is 0 Å². The average molecular weight is 147 g/mol. The topological polar surface area (TPSA) is 21.3 Å². The molecule has 0 bridgehead atoms. The highest BCUT2D eigenvalue weighted by Gasteiger charge is 2.06. The summed E-state index contributed by atoms with van der Waals surface area (Å²) in [5, 5.41) is 3.32. The minimum atomic E-state index is 0.236. The zero-order valence-electron chi connectivity index (χ0n) is 6.82. The summed E-state index contributed by atoms with van der Waals surface area (Å²) in [4.78, 5) is 0. The molecule has 0 aliphatic carbocycles. The van der Waals surface area contributed by atoms with E-state index in [2.05, 4.69) is 26.1 Å². The normalized spacial score (nSPS) is 12.3. The SMILES string of the molecule is CC(C)(C)NCCO[SiH3]. The fourth-order valence-corrected chi connectivity index (χ4v) is 0.732. The highest BCUT2D eigenvalue weighted by molar-refractivity contribution is 5.97. The van der Waals surface area contributed by atoms with E-state index in [9.17, 15) is 0 Å². The number of hydrogen-bond acceptors (Lipinski definition) is 2. The molecule has 0 aromatic heterocycles. The van der Waals surface area contributed by atoms with Gasteiger partial charge in [0.25, 0.3) is 0 Å². The van der Waals surface area contributed by atoms with Gasteiger partial charge in [-0.15, -0.1) is 0 Å². The smallest absolute Gasteiger partial charge is 0.146 e. The van der Waals surface area contributed by atoms with Crippen LogP contribution in [0.1, 0.15) is 20.8 Å². The van der Waals surface area contributed by atoms with Crippen LogP contribution in [-0.2, 0) is 4.43 Å². The second-order valence-corrected chi connectivity index (χ2v) is 3.75. The molecule has 2 nitrogen and oxygen atoms in total. The molecule has 0 rings (SSSR count). The van der Waals surface area contributed by atoms with Gasteiger partial charge in [-0.25, -0.2) is 0 Å². The van der Waals surface area contributed by atoms with E-state index in [1.807, 2.05) is 0 Å². The standard InChI is InChI=1S/C6H17NOSi/c1-6(2,3)7-4-5-8-9/h7H,4-5H2,1-3,9H3. The van der Waals surface area contributed by atoms with E-state index in [1.165, 1.54) is 0 Å². The lowest BCUT2D eigenvalue weighted by atomic mass is 10.1. The fourth-order valence-electron chi connectivity index (χ4n) is 0.528. The van der Waals surface area contributed by atoms with E-state index in [4.69, 9.17) is 4.43 Å². The van der Waals surface area contributed by atoms with Gasteiger partial charge in [0.05, 0.1) is 0 Å². The van der Waals surface area contributed by atoms with Crippen LogP contribution in [0.15, 0.2) is 0 Å². The Morgan fingerprint density at radius 2 is 2.00 bits per heavy atom. The molecule has 0 aromatic carbocycles. The van der Waals surface area contributed by atoms with Crippen molar-refractivity contribution in [1.82, 2.24) is 5.32 Å². The molecule has 0 unspecified atom stereocenters. The maximum Gasteiger partial charge on any atom is 0.146 e. The van der Waals surface area contributed by atoms with Gasteiger partial charge in [0.1, 0.15) is 10.5 Å². The number of rotatable bonds is 3. The molecule has 0 aliphatic rings. The third-order valence-corrected chi connectivity index (χ3v) is 1.37. The quantitative estimate of drug-likeness (QED) is 0.436. The lowest BCUT2D eigenvalue weighted by Gasteiger charge is -2.19. The summed E-state index contributed by atoms with van der Waals surface area (Å²) < 4.78 is 5.01. The van der Waals surface area contributed by atoms with Crippen LogP contribution in [0.4, 0.5) is 0 Å². The third-order valence-electron chi connectivity index (χ3n) is 0.962. The van der Waals surface area contributed by atoms with E-state index >= 15 is 0 Å². The molecule has 0 radical (unpaired) electrons. The van der Waals surface area contributed by atoms with Gasteiger partial charge in [0.2, 0.25) is 0 Å². The molecular weight excluding hydrogens is 130 g/mol. The van der Waals surface area contributed by atoms with Crippen molar-refractivity contribution in [3.63, 3.8) is 0 Å². The molecule has 0 atom stereocenters. The van der Waals surface area contributed by atoms with Gasteiger partial charge >= 0.3 is 0 Å². The van der Waals surface area contributed by atoms with Crippen molar-refractivity contribution in [2.24, 2.45) is 0 Å². The molecule has 0 saturated heterocycles. The predicted molar refractivity (Wildman–Crippen MR) is 43.6 cm³/mol. The van der Waals surface area contributed by atoms with E-state index in [0.29, 0.717) is 0 Å². The second kappa shape index (κ2) is 4.03. The van der Waals surface area contributed by atoms with Crippen molar-refractivity contribution in [3.05, 3.63) is 0 Å². The molecule has 1 N–H and O–H groups in total. The van der Waals surface area contributed by atoms with Crippen molar-refractivity contribution < 1.29 is 4.43 Å². The van der Waals surface area contributed by atoms with Crippen molar-refractivity contribution in [2.75, 3.05) is 13.2 Å². The largest absolute Gasteiger partial charge is 0.427 e. The molecule has 0 fully saturated rings. The maximum atomic E-state index is 5.01. The summed E-state index contributed by atoms with van der Waals surface area (Å²) >= 11 is 0. The van der Waals surface area contributed by atoms with Crippen molar-refractivity contribution in [1.29, 1.82) is 0 Å². The number of nitrogens with one attached hydrogen (secondary N) is 1. The monoisotopic (exact) mass is 147 g/mol. The van der Waals surface area contributed by atoms with Gasteiger partial charge < -0.3 is 9.74 Å². The van der Waals surface area contributed by atoms with E-state index in [-0.39, 0.29) is 5.54 Å². The molecule has 0 amide bonds. The minimum absolute atomic E-state index is 0.236. The molecule has 0 aromatic rings. The molecule has 0 saturated carbocycles. The molecule has 0 spiro atoms. The molecule has 0 aliphatic heterocycles. The van der Waals surface area contributed by atoms with Crippen molar-refractivity contribution in [2.45, 2.75) is 26.3 Å². The van der Waals surface area contributed by atoms with Crippen LogP contribution in [-0.4, -0.2) is 29.2 Å². The molecule has 0 heterocycles. The fraction of sp³-hybridized carbons (Fsp3) is 1.00. The van der Waals surface area contributed by atoms with Crippen molar-refractivity contribution >= 4 is 10.5 Å². The summed E-state index contributed by atoms with van der Waals surface area (Å²) in [6.07, 6.45) is 0. The van der Waals surface area contributed by atoms with Crippen LogP contribution in [0, 0.1) is 0 Å². The van der Waals surface area contributed by atoms with E-state index < -0.39 is 0 Å². The first-order valence-electron chi connectivity index (χ1n) is 3.30. The van der Waals surface area contributed by atoms with Gasteiger partial charge in [-0.05, 0) is 20.8 Å². The van der Waals surface area contributed by atoms with Gasteiger partial charge in [0, 0.05) is 18.7 Å². The van der Waals surface area contributed by atoms with Gasteiger partial charge in [-0.1, -0.05) is 0 Å². The Labute approximate surface area is 60.5 Å². The van der Waals surface area contributed by atoms with Crippen LogP contribution in [0.25, 0.3) is 0 Å². The molecule has 3 heteroatoms. The van der Waals surface area contributed by atoms with Crippen LogP contribution >= 0.6 is 0 Å². The Morgan fingerprint density at radius 3 is 2.33 bits per heavy atom. The Balaban J connectivity index is 3.07. The van der Waals surface area contributed by atoms with Crippen molar-refractivity contribution in [3.8, 4) is 0 Å².